The first-order valence-corrected chi connectivity index (χ1v) is 8.26. The molecule has 3 atom stereocenters. The monoisotopic (exact) mass is 323 g/mol. The number of halogens is 1. The topological polar surface area (TPSA) is 53.5 Å². The van der Waals surface area contributed by atoms with Gasteiger partial charge in [0.2, 0.25) is 5.95 Å². The summed E-state index contributed by atoms with van der Waals surface area (Å²) >= 11 is 0. The molecule has 0 bridgehead atoms. The van der Waals surface area contributed by atoms with Crippen LogP contribution in [0.25, 0.3) is 0 Å². The van der Waals surface area contributed by atoms with Crippen LogP contribution in [0.3, 0.4) is 0 Å². The lowest BCUT2D eigenvalue weighted by atomic mass is 10.0. The van der Waals surface area contributed by atoms with Gasteiger partial charge in [0.05, 0.1) is 18.9 Å². The first-order valence-electron chi connectivity index (χ1n) is 8.26. The van der Waals surface area contributed by atoms with E-state index in [2.05, 4.69) is 34.0 Å². The first kappa shape index (κ1) is 16.4. The van der Waals surface area contributed by atoms with E-state index in [1.165, 1.54) is 6.20 Å². The first-order chi connectivity index (χ1) is 10.9. The average Bonchev–Trinajstić information content (AvgIpc) is 2.90. The summed E-state index contributed by atoms with van der Waals surface area (Å²) in [7, 11) is 3.54. The van der Waals surface area contributed by atoms with Gasteiger partial charge in [-0.1, -0.05) is 13.8 Å². The van der Waals surface area contributed by atoms with Crippen LogP contribution in [0.5, 0.6) is 0 Å². The third-order valence-electron chi connectivity index (χ3n) is 4.67. The second-order valence-corrected chi connectivity index (χ2v) is 7.06. The summed E-state index contributed by atoms with van der Waals surface area (Å²) < 4.78 is 19.6. The van der Waals surface area contributed by atoms with Crippen molar-refractivity contribution < 1.29 is 9.13 Å². The molecule has 0 spiro atoms. The van der Waals surface area contributed by atoms with Gasteiger partial charge >= 0.3 is 0 Å². The van der Waals surface area contributed by atoms with E-state index < -0.39 is 5.82 Å². The molecule has 0 unspecified atom stereocenters. The molecule has 0 aromatic carbocycles. The third-order valence-corrected chi connectivity index (χ3v) is 4.67. The molecule has 128 valence electrons. The van der Waals surface area contributed by atoms with Crippen LogP contribution in [0.15, 0.2) is 6.20 Å². The van der Waals surface area contributed by atoms with Gasteiger partial charge < -0.3 is 15.0 Å². The molecule has 2 fully saturated rings. The second kappa shape index (κ2) is 6.57. The predicted octanol–water partition coefficient (Wildman–Crippen LogP) is 1.59. The molecular weight excluding hydrogens is 297 g/mol. The van der Waals surface area contributed by atoms with Crippen molar-refractivity contribution in [3.8, 4) is 0 Å². The van der Waals surface area contributed by atoms with Gasteiger partial charge in [0.25, 0.3) is 0 Å². The standard InChI is InChI=1S/C16H26FN5O/c1-10(2)14-8-22-7-11(5-12(22)9-23-14)19-16-18-6-13(17)15(20-16)21(3)4/h6,10-12,14H,5,7-9H2,1-4H3,(H,18,19,20)/t11-,12-,14-/m0/s1. The van der Waals surface area contributed by atoms with Gasteiger partial charge in [0, 0.05) is 39.3 Å². The maximum absolute atomic E-state index is 13.7. The van der Waals surface area contributed by atoms with Gasteiger partial charge in [0.1, 0.15) is 0 Å². The number of nitrogens with zero attached hydrogens (tertiary/aromatic N) is 4. The van der Waals surface area contributed by atoms with Crippen molar-refractivity contribution in [1.82, 2.24) is 14.9 Å². The molecule has 3 rings (SSSR count). The minimum Gasteiger partial charge on any atom is -0.375 e. The summed E-state index contributed by atoms with van der Waals surface area (Å²) in [5.41, 5.74) is 0. The minimum absolute atomic E-state index is 0.273. The maximum atomic E-state index is 13.7. The number of nitrogens with one attached hydrogen (secondary N) is 1. The molecule has 1 aromatic heterocycles. The zero-order chi connectivity index (χ0) is 16.6. The van der Waals surface area contributed by atoms with Gasteiger partial charge in [0.15, 0.2) is 11.6 Å². The highest BCUT2D eigenvalue weighted by molar-refractivity contribution is 5.42. The van der Waals surface area contributed by atoms with E-state index in [1.54, 1.807) is 19.0 Å². The van der Waals surface area contributed by atoms with Gasteiger partial charge in [-0.25, -0.2) is 9.37 Å². The van der Waals surface area contributed by atoms with Crippen LogP contribution < -0.4 is 10.2 Å². The molecule has 1 N–H and O–H groups in total. The number of aromatic nitrogens is 2. The Kier molecular flexibility index (Phi) is 4.68. The van der Waals surface area contributed by atoms with E-state index in [0.29, 0.717) is 29.8 Å². The van der Waals surface area contributed by atoms with Crippen molar-refractivity contribution in [2.24, 2.45) is 5.92 Å². The summed E-state index contributed by atoms with van der Waals surface area (Å²) in [6.45, 7) is 7.12. The van der Waals surface area contributed by atoms with Crippen molar-refractivity contribution in [2.75, 3.05) is 44.0 Å². The van der Waals surface area contributed by atoms with E-state index in [0.717, 1.165) is 26.1 Å². The van der Waals surface area contributed by atoms with Crippen LogP contribution in [-0.4, -0.2) is 66.8 Å². The zero-order valence-electron chi connectivity index (χ0n) is 14.3. The van der Waals surface area contributed by atoms with E-state index in [1.807, 2.05) is 0 Å². The second-order valence-electron chi connectivity index (χ2n) is 7.06. The molecule has 0 amide bonds. The molecule has 2 aliphatic rings. The summed E-state index contributed by atoms with van der Waals surface area (Å²) in [6, 6.07) is 0.728. The lowest BCUT2D eigenvalue weighted by Crippen LogP contribution is -2.48. The minimum atomic E-state index is -0.405. The Bertz CT molecular complexity index is 553. The Balaban J connectivity index is 1.63. The van der Waals surface area contributed by atoms with E-state index in [-0.39, 0.29) is 6.04 Å². The molecular formula is C16H26FN5O. The number of morpholine rings is 1. The lowest BCUT2D eigenvalue weighted by Gasteiger charge is -2.36. The molecule has 6 nitrogen and oxygen atoms in total. The number of anilines is 2. The third kappa shape index (κ3) is 3.55. The van der Waals surface area contributed by atoms with Crippen LogP contribution >= 0.6 is 0 Å². The van der Waals surface area contributed by atoms with E-state index in [4.69, 9.17) is 4.74 Å². The summed E-state index contributed by atoms with van der Waals surface area (Å²) in [5, 5.41) is 3.35. The largest absolute Gasteiger partial charge is 0.375 e. The van der Waals surface area contributed by atoms with Gasteiger partial charge in [-0.2, -0.15) is 4.98 Å². The number of hydrogen-bond donors (Lipinski definition) is 1. The average molecular weight is 323 g/mol. The Morgan fingerprint density at radius 1 is 1.39 bits per heavy atom. The van der Waals surface area contributed by atoms with Crippen molar-refractivity contribution in [3.63, 3.8) is 0 Å². The Morgan fingerprint density at radius 2 is 2.17 bits per heavy atom. The van der Waals surface area contributed by atoms with E-state index >= 15 is 0 Å². The fraction of sp³-hybridized carbons (Fsp3) is 0.750. The fourth-order valence-corrected chi connectivity index (χ4v) is 3.33. The smallest absolute Gasteiger partial charge is 0.225 e. The quantitative estimate of drug-likeness (QED) is 0.908. The Hall–Kier alpha value is -1.47. The van der Waals surface area contributed by atoms with Crippen LogP contribution in [0.2, 0.25) is 0 Å². The van der Waals surface area contributed by atoms with Crippen LogP contribution in [0, 0.1) is 11.7 Å². The number of ether oxygens (including phenoxy) is 1. The Labute approximate surface area is 137 Å². The molecule has 7 heteroatoms. The Morgan fingerprint density at radius 3 is 2.87 bits per heavy atom. The normalized spacial score (nSPS) is 28.0. The van der Waals surface area contributed by atoms with Gasteiger partial charge in [-0.3, -0.25) is 4.90 Å². The highest BCUT2D eigenvalue weighted by atomic mass is 19.1. The van der Waals surface area contributed by atoms with Crippen LogP contribution in [0.1, 0.15) is 20.3 Å². The molecule has 0 aliphatic carbocycles. The number of fused-ring (bicyclic) bond motifs is 1. The molecule has 0 saturated carbocycles. The van der Waals surface area contributed by atoms with Crippen LogP contribution in [0.4, 0.5) is 16.2 Å². The molecule has 3 heterocycles. The fourth-order valence-electron chi connectivity index (χ4n) is 3.33. The number of rotatable bonds is 4. The molecule has 2 aliphatic heterocycles. The van der Waals surface area contributed by atoms with Gasteiger partial charge in [-0.15, -0.1) is 0 Å². The SMILES string of the molecule is CC(C)[C@@H]1CN2C[C@@H](Nc3ncc(F)c(N(C)C)n3)C[C@H]2CO1. The zero-order valence-corrected chi connectivity index (χ0v) is 14.3. The highest BCUT2D eigenvalue weighted by Crippen LogP contribution is 2.27. The molecule has 1 aromatic rings. The van der Waals surface area contributed by atoms with Crippen LogP contribution in [-0.2, 0) is 4.74 Å². The molecule has 23 heavy (non-hydrogen) atoms. The van der Waals surface area contributed by atoms with E-state index in [9.17, 15) is 4.39 Å². The summed E-state index contributed by atoms with van der Waals surface area (Å²) in [6.07, 6.45) is 2.54. The van der Waals surface area contributed by atoms with Crippen molar-refractivity contribution in [3.05, 3.63) is 12.0 Å². The highest BCUT2D eigenvalue weighted by Gasteiger charge is 2.38. The van der Waals surface area contributed by atoms with Crippen molar-refractivity contribution in [2.45, 2.75) is 38.5 Å². The summed E-state index contributed by atoms with van der Waals surface area (Å²) in [5.74, 6) is 0.923. The maximum Gasteiger partial charge on any atom is 0.225 e. The summed E-state index contributed by atoms with van der Waals surface area (Å²) in [4.78, 5) is 12.5. The predicted molar refractivity (Wildman–Crippen MR) is 88.3 cm³/mol. The van der Waals surface area contributed by atoms with Crippen molar-refractivity contribution >= 4 is 11.8 Å². The van der Waals surface area contributed by atoms with Crippen molar-refractivity contribution in [1.29, 1.82) is 0 Å². The number of hydrogen-bond acceptors (Lipinski definition) is 6. The molecule has 0 radical (unpaired) electrons. The van der Waals surface area contributed by atoms with Gasteiger partial charge in [-0.05, 0) is 12.3 Å². The lowest BCUT2D eigenvalue weighted by molar-refractivity contribution is -0.0683. The molecule has 2 saturated heterocycles.